The highest BCUT2D eigenvalue weighted by Crippen LogP contribution is 2.24. The predicted octanol–water partition coefficient (Wildman–Crippen LogP) is 1.55. The van der Waals surface area contributed by atoms with Crippen LogP contribution >= 0.6 is 23.1 Å². The molecule has 0 aliphatic heterocycles. The number of benzene rings is 1. The number of anilines is 1. The molecule has 122 valence electrons. The van der Waals surface area contributed by atoms with Gasteiger partial charge in [0.1, 0.15) is 5.00 Å². The molecule has 0 fully saturated rings. The van der Waals surface area contributed by atoms with E-state index in [-0.39, 0.29) is 11.7 Å². The monoisotopic (exact) mass is 360 g/mol. The van der Waals surface area contributed by atoms with E-state index < -0.39 is 5.91 Å². The minimum absolute atomic E-state index is 0.101. The van der Waals surface area contributed by atoms with Gasteiger partial charge in [-0.3, -0.25) is 9.59 Å². The fraction of sp³-hybridized carbons (Fsp3) is 0.0714. The smallest absolute Gasteiger partial charge is 0.251 e. The summed E-state index contributed by atoms with van der Waals surface area (Å²) in [4.78, 5) is 23.3. The van der Waals surface area contributed by atoms with Gasteiger partial charge in [-0.2, -0.15) is 4.68 Å². The Hall–Kier alpha value is -2.72. The Kier molecular flexibility index (Phi) is 4.87. The number of thioether (sulfide) groups is 1. The van der Waals surface area contributed by atoms with Crippen LogP contribution in [0, 0.1) is 0 Å². The van der Waals surface area contributed by atoms with Crippen LogP contribution in [-0.4, -0.2) is 37.8 Å². The lowest BCUT2D eigenvalue weighted by Gasteiger charge is -2.05. The summed E-state index contributed by atoms with van der Waals surface area (Å²) in [5, 5.41) is 16.8. The number of nitrogens with zero attached hydrogens (tertiary/aromatic N) is 4. The molecule has 0 atom stereocenters. The molecule has 2 heterocycles. The molecule has 0 radical (unpaired) electrons. The van der Waals surface area contributed by atoms with Crippen molar-refractivity contribution in [1.29, 1.82) is 0 Å². The van der Waals surface area contributed by atoms with E-state index in [1.54, 1.807) is 16.1 Å². The van der Waals surface area contributed by atoms with Crippen LogP contribution in [0.25, 0.3) is 5.69 Å². The SMILES string of the molecule is NC(=O)c1ccsc1NC(=O)CSc1nnnn1-c1ccccc1. The number of thiophene rings is 1. The highest BCUT2D eigenvalue weighted by atomic mass is 32.2. The number of tetrazole rings is 1. The molecule has 3 aromatic rings. The third kappa shape index (κ3) is 3.60. The Balaban J connectivity index is 1.64. The van der Waals surface area contributed by atoms with Crippen molar-refractivity contribution in [3.05, 3.63) is 47.3 Å². The van der Waals surface area contributed by atoms with Crippen LogP contribution in [0.15, 0.2) is 46.9 Å². The van der Waals surface area contributed by atoms with Crippen LogP contribution in [-0.2, 0) is 4.79 Å². The molecule has 0 unspecified atom stereocenters. The number of hydrogen-bond acceptors (Lipinski definition) is 7. The summed E-state index contributed by atoms with van der Waals surface area (Å²) in [6, 6.07) is 11.0. The number of rotatable bonds is 6. The molecule has 0 bridgehead atoms. The standard InChI is InChI=1S/C14H12N6O2S2/c15-12(22)10-6-7-23-13(10)16-11(21)8-24-14-17-18-19-20(14)9-4-2-1-3-5-9/h1-7H,8H2,(H2,15,22)(H,16,21). The van der Waals surface area contributed by atoms with Crippen LogP contribution in [0.2, 0.25) is 0 Å². The van der Waals surface area contributed by atoms with Crippen molar-refractivity contribution in [3.63, 3.8) is 0 Å². The second-order valence-electron chi connectivity index (χ2n) is 4.57. The molecule has 1 aromatic carbocycles. The van der Waals surface area contributed by atoms with E-state index in [1.807, 2.05) is 30.3 Å². The number of carbonyl (C=O) groups is 2. The molecular formula is C14H12N6O2S2. The molecule has 0 aliphatic carbocycles. The normalized spacial score (nSPS) is 10.5. The van der Waals surface area contributed by atoms with E-state index in [1.165, 1.54) is 23.1 Å². The number of amides is 2. The van der Waals surface area contributed by atoms with Crippen molar-refractivity contribution >= 4 is 39.9 Å². The second-order valence-corrected chi connectivity index (χ2v) is 6.43. The van der Waals surface area contributed by atoms with Gasteiger partial charge in [0.2, 0.25) is 11.1 Å². The largest absolute Gasteiger partial charge is 0.366 e. The molecule has 8 nitrogen and oxygen atoms in total. The Morgan fingerprint density at radius 1 is 1.25 bits per heavy atom. The Morgan fingerprint density at radius 3 is 2.79 bits per heavy atom. The molecule has 10 heteroatoms. The lowest BCUT2D eigenvalue weighted by molar-refractivity contribution is -0.113. The van der Waals surface area contributed by atoms with Gasteiger partial charge in [-0.05, 0) is 34.0 Å². The molecule has 3 rings (SSSR count). The Morgan fingerprint density at radius 2 is 2.04 bits per heavy atom. The summed E-state index contributed by atoms with van der Waals surface area (Å²) >= 11 is 2.44. The molecule has 0 saturated carbocycles. The molecule has 2 amide bonds. The van der Waals surface area contributed by atoms with Crippen LogP contribution in [0.4, 0.5) is 5.00 Å². The van der Waals surface area contributed by atoms with Crippen molar-refractivity contribution in [3.8, 4) is 5.69 Å². The third-order valence-electron chi connectivity index (χ3n) is 2.96. The van der Waals surface area contributed by atoms with Crippen LogP contribution in [0.1, 0.15) is 10.4 Å². The third-order valence-corrected chi connectivity index (χ3v) is 4.71. The van der Waals surface area contributed by atoms with Crippen LogP contribution < -0.4 is 11.1 Å². The van der Waals surface area contributed by atoms with Gasteiger partial charge in [0, 0.05) is 0 Å². The molecule has 3 N–H and O–H groups in total. The van der Waals surface area contributed by atoms with Crippen LogP contribution in [0.3, 0.4) is 0 Å². The fourth-order valence-electron chi connectivity index (χ4n) is 1.89. The highest BCUT2D eigenvalue weighted by molar-refractivity contribution is 7.99. The van der Waals surface area contributed by atoms with Gasteiger partial charge in [-0.25, -0.2) is 0 Å². The number of nitrogens with one attached hydrogen (secondary N) is 1. The van der Waals surface area contributed by atoms with Gasteiger partial charge in [-0.1, -0.05) is 30.0 Å². The summed E-state index contributed by atoms with van der Waals surface area (Å²) in [5.74, 6) is -0.747. The van der Waals surface area contributed by atoms with E-state index >= 15 is 0 Å². The molecule has 24 heavy (non-hydrogen) atoms. The lowest BCUT2D eigenvalue weighted by Crippen LogP contribution is -2.18. The first kappa shape index (κ1) is 16.1. The fourth-order valence-corrected chi connectivity index (χ4v) is 3.39. The van der Waals surface area contributed by atoms with Gasteiger partial charge in [-0.15, -0.1) is 16.4 Å². The molecule has 0 saturated heterocycles. The first-order chi connectivity index (χ1) is 11.6. The number of primary amides is 1. The Bertz CT molecular complexity index is 861. The van der Waals surface area contributed by atoms with Gasteiger partial charge in [0.25, 0.3) is 5.91 Å². The van der Waals surface area contributed by atoms with E-state index in [0.717, 1.165) is 5.69 Å². The highest BCUT2D eigenvalue weighted by Gasteiger charge is 2.15. The molecule has 0 aliphatic rings. The first-order valence-corrected chi connectivity index (χ1v) is 8.65. The van der Waals surface area contributed by atoms with Crippen molar-refractivity contribution < 1.29 is 9.59 Å². The predicted molar refractivity (Wildman–Crippen MR) is 91.3 cm³/mol. The second kappa shape index (κ2) is 7.23. The zero-order chi connectivity index (χ0) is 16.9. The zero-order valence-corrected chi connectivity index (χ0v) is 13.9. The molecule has 0 spiro atoms. The summed E-state index contributed by atoms with van der Waals surface area (Å²) in [6.07, 6.45) is 0. The summed E-state index contributed by atoms with van der Waals surface area (Å²) in [5.41, 5.74) is 6.36. The summed E-state index contributed by atoms with van der Waals surface area (Å²) in [6.45, 7) is 0. The number of para-hydroxylation sites is 1. The van der Waals surface area contributed by atoms with Gasteiger partial charge in [0.15, 0.2) is 0 Å². The van der Waals surface area contributed by atoms with Crippen molar-refractivity contribution in [2.45, 2.75) is 5.16 Å². The maximum atomic E-state index is 12.1. The average molecular weight is 360 g/mol. The van der Waals surface area contributed by atoms with Crippen LogP contribution in [0.5, 0.6) is 0 Å². The van der Waals surface area contributed by atoms with Gasteiger partial charge < -0.3 is 11.1 Å². The maximum Gasteiger partial charge on any atom is 0.251 e. The van der Waals surface area contributed by atoms with Gasteiger partial charge in [0.05, 0.1) is 17.0 Å². The first-order valence-electron chi connectivity index (χ1n) is 6.79. The summed E-state index contributed by atoms with van der Waals surface area (Å²) in [7, 11) is 0. The molecule has 2 aromatic heterocycles. The quantitative estimate of drug-likeness (QED) is 0.644. The van der Waals surface area contributed by atoms with Crippen molar-refractivity contribution in [2.24, 2.45) is 5.73 Å². The summed E-state index contributed by atoms with van der Waals surface area (Å²) < 4.78 is 1.55. The van der Waals surface area contributed by atoms with Gasteiger partial charge >= 0.3 is 0 Å². The average Bonchev–Trinajstić information content (AvgIpc) is 3.22. The number of carbonyl (C=O) groups excluding carboxylic acids is 2. The molecular weight excluding hydrogens is 348 g/mol. The zero-order valence-electron chi connectivity index (χ0n) is 12.2. The van der Waals surface area contributed by atoms with E-state index in [2.05, 4.69) is 20.8 Å². The van der Waals surface area contributed by atoms with E-state index in [9.17, 15) is 9.59 Å². The van der Waals surface area contributed by atoms with Crippen molar-refractivity contribution in [2.75, 3.05) is 11.1 Å². The minimum atomic E-state index is -0.577. The number of aromatic nitrogens is 4. The number of nitrogens with two attached hydrogens (primary N) is 1. The Labute approximate surface area is 145 Å². The maximum absolute atomic E-state index is 12.1. The topological polar surface area (TPSA) is 116 Å². The van der Waals surface area contributed by atoms with E-state index in [4.69, 9.17) is 5.73 Å². The lowest BCUT2D eigenvalue weighted by atomic mass is 10.3. The van der Waals surface area contributed by atoms with E-state index in [0.29, 0.717) is 15.7 Å². The minimum Gasteiger partial charge on any atom is -0.366 e. The van der Waals surface area contributed by atoms with Crippen molar-refractivity contribution in [1.82, 2.24) is 20.2 Å². The number of hydrogen-bond donors (Lipinski definition) is 2.